The first kappa shape index (κ1) is 10.2. The third kappa shape index (κ3) is 1.24. The largest absolute Gasteiger partial charge is 0.477 e. The van der Waals surface area contributed by atoms with E-state index in [2.05, 4.69) is 0 Å². The summed E-state index contributed by atoms with van der Waals surface area (Å²) in [5, 5.41) is 8.76. The molecule has 6 heteroatoms. The van der Waals surface area contributed by atoms with Crippen LogP contribution in [-0.4, -0.2) is 20.2 Å². The standard InChI is InChI=1S/C8H10N2O4/c1-4-5(7(12)13)6(11)10(3)8(14)9(4)2/h1-3H3,(H,12,13). The lowest BCUT2D eigenvalue weighted by atomic mass is 10.2. The van der Waals surface area contributed by atoms with Gasteiger partial charge in [-0.25, -0.2) is 9.59 Å². The molecule has 0 radical (unpaired) electrons. The van der Waals surface area contributed by atoms with Crippen LogP contribution in [0.4, 0.5) is 0 Å². The summed E-state index contributed by atoms with van der Waals surface area (Å²) < 4.78 is 1.90. The molecular weight excluding hydrogens is 188 g/mol. The first-order valence-electron chi connectivity index (χ1n) is 3.87. The van der Waals surface area contributed by atoms with Crippen molar-refractivity contribution in [1.82, 2.24) is 9.13 Å². The molecular formula is C8H10N2O4. The highest BCUT2D eigenvalue weighted by Gasteiger charge is 2.17. The Morgan fingerprint density at radius 3 is 2.14 bits per heavy atom. The van der Waals surface area contributed by atoms with Crippen LogP contribution in [0.1, 0.15) is 16.1 Å². The van der Waals surface area contributed by atoms with Crippen LogP contribution in [0.5, 0.6) is 0 Å². The maximum Gasteiger partial charge on any atom is 0.343 e. The summed E-state index contributed by atoms with van der Waals surface area (Å²) in [6.45, 7) is 1.42. The van der Waals surface area contributed by atoms with Gasteiger partial charge in [-0.1, -0.05) is 0 Å². The Balaban J connectivity index is 3.88. The van der Waals surface area contributed by atoms with E-state index in [-0.39, 0.29) is 11.3 Å². The predicted molar refractivity (Wildman–Crippen MR) is 48.6 cm³/mol. The van der Waals surface area contributed by atoms with E-state index < -0.39 is 17.2 Å². The summed E-state index contributed by atoms with van der Waals surface area (Å²) in [6.07, 6.45) is 0. The van der Waals surface area contributed by atoms with Crippen LogP contribution >= 0.6 is 0 Å². The SMILES string of the molecule is Cc1c(C(=O)O)c(=O)n(C)c(=O)n1C. The number of carboxylic acid groups (broad SMARTS) is 1. The Bertz CT molecular complexity index is 509. The topological polar surface area (TPSA) is 81.3 Å². The van der Waals surface area contributed by atoms with Gasteiger partial charge in [-0.05, 0) is 6.92 Å². The van der Waals surface area contributed by atoms with Crippen molar-refractivity contribution in [2.75, 3.05) is 0 Å². The van der Waals surface area contributed by atoms with E-state index in [0.29, 0.717) is 0 Å². The molecule has 0 aliphatic carbocycles. The van der Waals surface area contributed by atoms with Crippen LogP contribution in [0.2, 0.25) is 0 Å². The van der Waals surface area contributed by atoms with Crippen LogP contribution in [0.25, 0.3) is 0 Å². The van der Waals surface area contributed by atoms with E-state index in [4.69, 9.17) is 5.11 Å². The lowest BCUT2D eigenvalue weighted by Gasteiger charge is -2.08. The minimum Gasteiger partial charge on any atom is -0.477 e. The minimum atomic E-state index is -1.32. The van der Waals surface area contributed by atoms with Crippen molar-refractivity contribution in [3.05, 3.63) is 32.1 Å². The Kier molecular flexibility index (Phi) is 2.29. The van der Waals surface area contributed by atoms with Crippen LogP contribution in [0, 0.1) is 6.92 Å². The average Bonchev–Trinajstić information content (AvgIpc) is 2.11. The van der Waals surface area contributed by atoms with Gasteiger partial charge in [-0.15, -0.1) is 0 Å². The van der Waals surface area contributed by atoms with E-state index >= 15 is 0 Å². The number of hydrogen-bond donors (Lipinski definition) is 1. The highest BCUT2D eigenvalue weighted by Crippen LogP contribution is 1.97. The molecule has 6 nitrogen and oxygen atoms in total. The molecule has 1 aromatic rings. The monoisotopic (exact) mass is 198 g/mol. The summed E-state index contributed by atoms with van der Waals surface area (Å²) in [5.74, 6) is -1.32. The quantitative estimate of drug-likeness (QED) is 0.633. The minimum absolute atomic E-state index is 0.158. The predicted octanol–water partition coefficient (Wildman–Crippen LogP) is -0.909. The smallest absolute Gasteiger partial charge is 0.343 e. The molecule has 0 fully saturated rings. The molecule has 0 spiro atoms. The molecule has 1 N–H and O–H groups in total. The van der Waals surface area contributed by atoms with E-state index in [9.17, 15) is 14.4 Å². The zero-order chi connectivity index (χ0) is 11.0. The van der Waals surface area contributed by atoms with Crippen molar-refractivity contribution in [1.29, 1.82) is 0 Å². The second kappa shape index (κ2) is 3.13. The second-order valence-electron chi connectivity index (χ2n) is 2.97. The van der Waals surface area contributed by atoms with Gasteiger partial charge in [0.1, 0.15) is 5.56 Å². The summed E-state index contributed by atoms with van der Waals surface area (Å²) in [5.41, 5.74) is -1.52. The van der Waals surface area contributed by atoms with Gasteiger partial charge in [-0.2, -0.15) is 0 Å². The number of aromatic carboxylic acids is 1. The maximum absolute atomic E-state index is 11.4. The second-order valence-corrected chi connectivity index (χ2v) is 2.97. The molecule has 1 rings (SSSR count). The lowest BCUT2D eigenvalue weighted by Crippen LogP contribution is -2.41. The van der Waals surface area contributed by atoms with Crippen LogP contribution in [0.3, 0.4) is 0 Å². The molecule has 1 aromatic heterocycles. The van der Waals surface area contributed by atoms with Gasteiger partial charge in [0.25, 0.3) is 5.56 Å². The summed E-state index contributed by atoms with van der Waals surface area (Å²) in [6, 6.07) is 0. The third-order valence-corrected chi connectivity index (χ3v) is 2.17. The average molecular weight is 198 g/mol. The molecule has 0 saturated heterocycles. The highest BCUT2D eigenvalue weighted by molar-refractivity contribution is 5.88. The number of carboxylic acids is 1. The fraction of sp³-hybridized carbons (Fsp3) is 0.375. The number of nitrogens with zero attached hydrogens (tertiary/aromatic N) is 2. The molecule has 76 valence electrons. The van der Waals surface area contributed by atoms with Gasteiger partial charge in [0.2, 0.25) is 0 Å². The van der Waals surface area contributed by atoms with E-state index in [1.165, 1.54) is 21.0 Å². The molecule has 0 unspecified atom stereocenters. The normalized spacial score (nSPS) is 10.2. The van der Waals surface area contributed by atoms with Gasteiger partial charge in [0.05, 0.1) is 0 Å². The first-order valence-corrected chi connectivity index (χ1v) is 3.87. The van der Waals surface area contributed by atoms with Crippen molar-refractivity contribution < 1.29 is 9.90 Å². The molecule has 14 heavy (non-hydrogen) atoms. The maximum atomic E-state index is 11.4. The van der Waals surface area contributed by atoms with Crippen molar-refractivity contribution in [3.63, 3.8) is 0 Å². The summed E-state index contributed by atoms with van der Waals surface area (Å²) in [4.78, 5) is 33.4. The molecule has 0 atom stereocenters. The zero-order valence-electron chi connectivity index (χ0n) is 8.07. The zero-order valence-corrected chi connectivity index (χ0v) is 8.07. The van der Waals surface area contributed by atoms with Gasteiger partial charge in [0, 0.05) is 19.8 Å². The third-order valence-electron chi connectivity index (χ3n) is 2.17. The van der Waals surface area contributed by atoms with Gasteiger partial charge >= 0.3 is 11.7 Å². The Hall–Kier alpha value is -1.85. The molecule has 1 heterocycles. The van der Waals surface area contributed by atoms with Crippen molar-refractivity contribution in [3.8, 4) is 0 Å². The van der Waals surface area contributed by atoms with Crippen LogP contribution in [0.15, 0.2) is 9.59 Å². The summed E-state index contributed by atoms with van der Waals surface area (Å²) in [7, 11) is 2.67. The van der Waals surface area contributed by atoms with Gasteiger partial charge in [0.15, 0.2) is 0 Å². The number of aromatic nitrogens is 2. The van der Waals surface area contributed by atoms with Crippen molar-refractivity contribution in [2.45, 2.75) is 6.92 Å². The summed E-state index contributed by atoms with van der Waals surface area (Å²) >= 11 is 0. The number of hydrogen-bond acceptors (Lipinski definition) is 3. The van der Waals surface area contributed by atoms with E-state index in [0.717, 1.165) is 9.13 Å². The van der Waals surface area contributed by atoms with Crippen molar-refractivity contribution in [2.24, 2.45) is 14.1 Å². The first-order chi connectivity index (χ1) is 6.37. The molecule has 0 saturated carbocycles. The fourth-order valence-electron chi connectivity index (χ4n) is 1.19. The number of rotatable bonds is 1. The Morgan fingerprint density at radius 2 is 1.71 bits per heavy atom. The van der Waals surface area contributed by atoms with Crippen molar-refractivity contribution >= 4 is 5.97 Å². The Labute approximate surface area is 79.0 Å². The van der Waals surface area contributed by atoms with E-state index in [1.54, 1.807) is 0 Å². The van der Waals surface area contributed by atoms with Gasteiger partial charge in [-0.3, -0.25) is 9.36 Å². The van der Waals surface area contributed by atoms with Crippen LogP contribution in [-0.2, 0) is 14.1 Å². The van der Waals surface area contributed by atoms with Gasteiger partial charge < -0.3 is 9.67 Å². The Morgan fingerprint density at radius 1 is 1.21 bits per heavy atom. The number of carbonyl (C=O) groups is 1. The highest BCUT2D eigenvalue weighted by atomic mass is 16.4. The molecule has 0 aliphatic heterocycles. The molecule has 0 aromatic carbocycles. The van der Waals surface area contributed by atoms with Crippen LogP contribution < -0.4 is 11.2 Å². The van der Waals surface area contributed by atoms with E-state index in [1.807, 2.05) is 0 Å². The molecule has 0 bridgehead atoms. The fourth-order valence-corrected chi connectivity index (χ4v) is 1.19. The molecule has 0 aliphatic rings. The molecule has 0 amide bonds. The lowest BCUT2D eigenvalue weighted by molar-refractivity contribution is 0.0692.